The number of benzene rings is 2. The summed E-state index contributed by atoms with van der Waals surface area (Å²) < 4.78 is 11.2. The maximum absolute atomic E-state index is 12.9. The molecular weight excluding hydrogens is 355 g/mol. The van der Waals surface area contributed by atoms with Crippen LogP contribution in [-0.2, 0) is 15.6 Å². The van der Waals surface area contributed by atoms with Crippen molar-refractivity contribution in [3.63, 3.8) is 0 Å². The van der Waals surface area contributed by atoms with Gasteiger partial charge in [0, 0.05) is 5.56 Å². The third kappa shape index (κ3) is 6.01. The summed E-state index contributed by atoms with van der Waals surface area (Å²) >= 11 is 4.50. The van der Waals surface area contributed by atoms with Gasteiger partial charge in [0.05, 0.1) is 19.8 Å². The molecule has 0 aliphatic heterocycles. The zero-order chi connectivity index (χ0) is 18.1. The van der Waals surface area contributed by atoms with E-state index in [1.54, 1.807) is 12.1 Å². The van der Waals surface area contributed by atoms with Crippen molar-refractivity contribution >= 4 is 24.9 Å². The van der Waals surface area contributed by atoms with Crippen molar-refractivity contribution in [2.75, 3.05) is 13.2 Å². The Morgan fingerprint density at radius 3 is 2.04 bits per heavy atom. The Bertz CT molecular complexity index is 716. The summed E-state index contributed by atoms with van der Waals surface area (Å²) in [5, 5.41) is 1.39. The van der Waals surface area contributed by atoms with Crippen LogP contribution in [0.25, 0.3) is 0 Å². The van der Waals surface area contributed by atoms with E-state index in [2.05, 4.69) is 17.1 Å². The van der Waals surface area contributed by atoms with Crippen molar-refractivity contribution < 1.29 is 13.8 Å². The van der Waals surface area contributed by atoms with E-state index < -0.39 is 6.71 Å². The number of hydrogen-bond donors (Lipinski definition) is 1. The van der Waals surface area contributed by atoms with Gasteiger partial charge in [0.2, 0.25) is 0 Å². The molecule has 0 saturated heterocycles. The molecule has 0 saturated carbocycles. The summed E-state index contributed by atoms with van der Waals surface area (Å²) in [5.74, 6) is -0.220. The molecule has 0 unspecified atom stereocenters. The van der Waals surface area contributed by atoms with Crippen LogP contribution in [0.4, 0.5) is 0 Å². The minimum atomic E-state index is -2.81. The average Bonchev–Trinajstić information content (AvgIpc) is 2.62. The molecule has 0 aliphatic rings. The molecule has 0 radical (unpaired) electrons. The monoisotopic (exact) mass is 378 g/mol. The summed E-state index contributed by atoms with van der Waals surface area (Å²) in [6.45, 7) is 2.00. The Morgan fingerprint density at radius 1 is 1.00 bits per heavy atom. The molecule has 0 bridgehead atoms. The summed E-state index contributed by atoms with van der Waals surface area (Å²) in [7, 11) is 0. The van der Waals surface area contributed by atoms with Crippen molar-refractivity contribution in [3.8, 4) is 0 Å². The van der Waals surface area contributed by atoms with E-state index >= 15 is 0 Å². The summed E-state index contributed by atoms with van der Waals surface area (Å²) in [4.78, 5) is 17.4. The zero-order valence-corrected chi connectivity index (χ0v) is 16.2. The van der Waals surface area contributed by atoms with Crippen molar-refractivity contribution in [2.45, 2.75) is 20.4 Å². The Kier molecular flexibility index (Phi) is 7.72. The van der Waals surface area contributed by atoms with E-state index in [0.717, 1.165) is 5.56 Å². The van der Waals surface area contributed by atoms with Gasteiger partial charge in [-0.2, -0.15) is 0 Å². The molecule has 0 aromatic heterocycles. The topological polar surface area (TPSA) is 51.1 Å². The van der Waals surface area contributed by atoms with Crippen molar-refractivity contribution in [1.29, 1.82) is 0 Å². The lowest BCUT2D eigenvalue weighted by molar-refractivity contribution is 0.0743. The molecule has 2 aromatic carbocycles. The van der Waals surface area contributed by atoms with Crippen molar-refractivity contribution in [1.82, 2.24) is 5.01 Å². The number of hydrogen-bond acceptors (Lipinski definition) is 4. The van der Waals surface area contributed by atoms with Gasteiger partial charge in [-0.3, -0.25) is 4.79 Å². The molecule has 7 heteroatoms. The number of rotatable bonds is 8. The lowest BCUT2D eigenvalue weighted by atomic mass is 10.2. The molecule has 0 spiro atoms. The van der Waals surface area contributed by atoms with Gasteiger partial charge in [-0.25, -0.2) is 5.01 Å². The largest absolute Gasteiger partial charge is 0.315 e. The second-order valence-corrected chi connectivity index (χ2v) is 8.32. The van der Waals surface area contributed by atoms with E-state index in [1.165, 1.54) is 5.01 Å². The first-order chi connectivity index (χ1) is 12.1. The number of amides is 1. The molecule has 5 nitrogen and oxygen atoms in total. The number of nitrogens with zero attached hydrogens (tertiary/aromatic N) is 2. The van der Waals surface area contributed by atoms with Gasteiger partial charge in [-0.1, -0.05) is 60.8 Å². The number of thiol groups is 1. The highest BCUT2D eigenvalue weighted by atomic mass is 32.7. The van der Waals surface area contributed by atoms with Gasteiger partial charge in [-0.05, 0) is 31.5 Å². The molecule has 0 aliphatic carbocycles. The zero-order valence-electron chi connectivity index (χ0n) is 14.4. The minimum absolute atomic E-state index is 0.220. The second kappa shape index (κ2) is 9.78. The molecule has 2 rings (SSSR count). The second-order valence-electron chi connectivity index (χ2n) is 5.13. The predicted molar refractivity (Wildman–Crippen MR) is 104 cm³/mol. The van der Waals surface area contributed by atoms with E-state index in [0.29, 0.717) is 25.3 Å². The minimum Gasteiger partial charge on any atom is -0.315 e. The normalized spacial score (nSPS) is 11.2. The maximum Gasteiger partial charge on any atom is 0.290 e. The Labute approximate surface area is 154 Å². The van der Waals surface area contributed by atoms with Crippen molar-refractivity contribution in [3.05, 3.63) is 71.8 Å². The average molecular weight is 378 g/mol. The third-order valence-electron chi connectivity index (χ3n) is 3.25. The molecule has 1 amide bonds. The highest BCUT2D eigenvalue weighted by Crippen LogP contribution is 2.57. The van der Waals surface area contributed by atoms with Gasteiger partial charge in [-0.15, -0.1) is 4.85 Å². The third-order valence-corrected chi connectivity index (χ3v) is 5.81. The fraction of sp³-hybridized carbons (Fsp3) is 0.278. The van der Waals surface area contributed by atoms with Crippen LogP contribution in [0.5, 0.6) is 0 Å². The van der Waals surface area contributed by atoms with Crippen LogP contribution >= 0.6 is 19.0 Å². The fourth-order valence-electron chi connectivity index (χ4n) is 2.19. The van der Waals surface area contributed by atoms with Crippen molar-refractivity contribution in [2.24, 2.45) is 4.85 Å². The van der Waals surface area contributed by atoms with Crippen LogP contribution < -0.4 is 0 Å². The van der Waals surface area contributed by atoms with Gasteiger partial charge in [0.25, 0.3) is 12.6 Å². The summed E-state index contributed by atoms with van der Waals surface area (Å²) in [5.41, 5.74) is 1.51. The quantitative estimate of drug-likeness (QED) is 0.391. The molecule has 0 N–H and O–H groups in total. The van der Waals surface area contributed by atoms with Gasteiger partial charge in [0.1, 0.15) is 0 Å². The van der Waals surface area contributed by atoms with Gasteiger partial charge >= 0.3 is 0 Å². The number of carbonyl (C=O) groups is 1. The van der Waals surface area contributed by atoms with Crippen LogP contribution in [0.2, 0.25) is 0 Å². The molecule has 134 valence electrons. The molecule has 0 atom stereocenters. The Hall–Kier alpha value is -1.59. The highest BCUT2D eigenvalue weighted by molar-refractivity contribution is 8.45. The summed E-state index contributed by atoms with van der Waals surface area (Å²) in [6, 6.07) is 18.7. The van der Waals surface area contributed by atoms with Crippen LogP contribution in [0.3, 0.4) is 0 Å². The smallest absolute Gasteiger partial charge is 0.290 e. The standard InChI is InChI=1S/C18H23N2O3PS/c1-3-22-24(25,23-4-2)19-20(15-16-11-7-5-8-12-16)18(21)17-13-9-6-10-14-17/h5-14,25H,3-4,15H2,1-2H3. The number of carbonyl (C=O) groups excluding carboxylic acids is 1. The molecule has 0 fully saturated rings. The predicted octanol–water partition coefficient (Wildman–Crippen LogP) is 5.19. The van der Waals surface area contributed by atoms with E-state index in [9.17, 15) is 4.79 Å². The highest BCUT2D eigenvalue weighted by Gasteiger charge is 2.22. The first-order valence-electron chi connectivity index (χ1n) is 8.13. The van der Waals surface area contributed by atoms with Crippen LogP contribution in [0.15, 0.2) is 65.5 Å². The van der Waals surface area contributed by atoms with Crippen LogP contribution in [0, 0.1) is 0 Å². The first kappa shape index (κ1) is 19.7. The van der Waals surface area contributed by atoms with Gasteiger partial charge < -0.3 is 9.05 Å². The lowest BCUT2D eigenvalue weighted by Crippen LogP contribution is -2.25. The SMILES string of the molecule is CCOP(S)(=NN(Cc1ccccc1)C(=O)c1ccccc1)OCC. The summed E-state index contributed by atoms with van der Waals surface area (Å²) in [6.07, 6.45) is 0. The molecule has 25 heavy (non-hydrogen) atoms. The van der Waals surface area contributed by atoms with E-state index in [1.807, 2.05) is 62.4 Å². The molecule has 2 aromatic rings. The Balaban J connectivity index is 2.39. The van der Waals surface area contributed by atoms with E-state index in [-0.39, 0.29) is 5.91 Å². The maximum atomic E-state index is 12.9. The first-order valence-corrected chi connectivity index (χ1v) is 10.9. The van der Waals surface area contributed by atoms with E-state index in [4.69, 9.17) is 9.05 Å². The van der Waals surface area contributed by atoms with Crippen LogP contribution in [-0.4, -0.2) is 24.1 Å². The molecular formula is C18H23N2O3PS. The van der Waals surface area contributed by atoms with Gasteiger partial charge in [0.15, 0.2) is 0 Å². The fourth-order valence-corrected chi connectivity index (χ4v) is 4.44. The lowest BCUT2D eigenvalue weighted by Gasteiger charge is -2.24. The van der Waals surface area contributed by atoms with Crippen LogP contribution in [0.1, 0.15) is 29.8 Å². The molecule has 0 heterocycles. The Morgan fingerprint density at radius 2 is 1.52 bits per heavy atom.